The van der Waals surface area contributed by atoms with Crippen LogP contribution in [-0.4, -0.2) is 23.7 Å². The largest absolute Gasteiger partial charge is 0.377 e. The minimum atomic E-state index is -0.129. The summed E-state index contributed by atoms with van der Waals surface area (Å²) in [4.78, 5) is 4.34. The SMILES string of the molecule is COC1(C(N)Cc2ccccn2)CCCCC1. The number of ether oxygens (including phenoxy) is 1. The molecule has 2 rings (SSSR count). The Labute approximate surface area is 103 Å². The fourth-order valence-electron chi connectivity index (χ4n) is 2.81. The molecule has 0 saturated heterocycles. The molecule has 17 heavy (non-hydrogen) atoms. The van der Waals surface area contributed by atoms with E-state index < -0.39 is 0 Å². The first-order valence-electron chi connectivity index (χ1n) is 6.47. The lowest BCUT2D eigenvalue weighted by atomic mass is 9.78. The zero-order chi connectivity index (χ0) is 12.1. The van der Waals surface area contributed by atoms with Gasteiger partial charge in [-0.2, -0.15) is 0 Å². The van der Waals surface area contributed by atoms with E-state index in [1.165, 1.54) is 19.3 Å². The van der Waals surface area contributed by atoms with Crippen LogP contribution in [0, 0.1) is 0 Å². The van der Waals surface area contributed by atoms with Gasteiger partial charge in [-0.05, 0) is 25.0 Å². The first-order valence-corrected chi connectivity index (χ1v) is 6.47. The molecule has 0 aromatic carbocycles. The second-order valence-corrected chi connectivity index (χ2v) is 4.96. The van der Waals surface area contributed by atoms with Gasteiger partial charge in [0.2, 0.25) is 0 Å². The van der Waals surface area contributed by atoms with E-state index in [9.17, 15) is 0 Å². The van der Waals surface area contributed by atoms with Gasteiger partial charge in [-0.1, -0.05) is 25.3 Å². The number of pyridine rings is 1. The Morgan fingerprint density at radius 3 is 2.71 bits per heavy atom. The van der Waals surface area contributed by atoms with Gasteiger partial charge in [0, 0.05) is 31.5 Å². The molecule has 3 nitrogen and oxygen atoms in total. The highest BCUT2D eigenvalue weighted by atomic mass is 16.5. The Morgan fingerprint density at radius 2 is 2.12 bits per heavy atom. The van der Waals surface area contributed by atoms with Crippen molar-refractivity contribution < 1.29 is 4.74 Å². The molecule has 0 bridgehead atoms. The number of hydrogen-bond acceptors (Lipinski definition) is 3. The van der Waals surface area contributed by atoms with E-state index in [1.54, 1.807) is 7.11 Å². The lowest BCUT2D eigenvalue weighted by Crippen LogP contribution is -2.52. The molecule has 2 N–H and O–H groups in total. The molecule has 3 heteroatoms. The van der Waals surface area contributed by atoms with Crippen LogP contribution in [0.3, 0.4) is 0 Å². The molecule has 1 aliphatic carbocycles. The Balaban J connectivity index is 2.04. The van der Waals surface area contributed by atoms with Gasteiger partial charge in [0.05, 0.1) is 5.60 Å². The summed E-state index contributed by atoms with van der Waals surface area (Å²) < 4.78 is 5.76. The molecule has 0 spiro atoms. The molecular formula is C14H22N2O. The van der Waals surface area contributed by atoms with Crippen molar-refractivity contribution in [3.05, 3.63) is 30.1 Å². The average Bonchev–Trinajstić information content (AvgIpc) is 2.40. The van der Waals surface area contributed by atoms with Crippen molar-refractivity contribution in [2.24, 2.45) is 5.73 Å². The lowest BCUT2D eigenvalue weighted by molar-refractivity contribution is -0.0584. The van der Waals surface area contributed by atoms with Crippen molar-refractivity contribution in [1.29, 1.82) is 0 Å². The van der Waals surface area contributed by atoms with Gasteiger partial charge in [-0.3, -0.25) is 4.98 Å². The summed E-state index contributed by atoms with van der Waals surface area (Å²) in [6.07, 6.45) is 8.54. The summed E-state index contributed by atoms with van der Waals surface area (Å²) in [6.45, 7) is 0. The maximum Gasteiger partial charge on any atom is 0.0832 e. The topological polar surface area (TPSA) is 48.1 Å². The van der Waals surface area contributed by atoms with Crippen LogP contribution in [0.1, 0.15) is 37.8 Å². The number of methoxy groups -OCH3 is 1. The zero-order valence-corrected chi connectivity index (χ0v) is 10.6. The van der Waals surface area contributed by atoms with E-state index in [-0.39, 0.29) is 11.6 Å². The maximum atomic E-state index is 6.36. The van der Waals surface area contributed by atoms with Crippen LogP contribution in [0.2, 0.25) is 0 Å². The number of hydrogen-bond donors (Lipinski definition) is 1. The van der Waals surface area contributed by atoms with Crippen LogP contribution in [-0.2, 0) is 11.2 Å². The first kappa shape index (κ1) is 12.5. The summed E-state index contributed by atoms with van der Waals surface area (Å²) in [5.41, 5.74) is 7.29. The highest BCUT2D eigenvalue weighted by Gasteiger charge is 2.38. The maximum absolute atomic E-state index is 6.36. The molecule has 1 aromatic rings. The van der Waals surface area contributed by atoms with Gasteiger partial charge in [-0.25, -0.2) is 0 Å². The average molecular weight is 234 g/mol. The van der Waals surface area contributed by atoms with Crippen LogP contribution in [0.15, 0.2) is 24.4 Å². The Bertz CT molecular complexity index is 333. The van der Waals surface area contributed by atoms with E-state index in [0.29, 0.717) is 0 Å². The van der Waals surface area contributed by atoms with Crippen LogP contribution >= 0.6 is 0 Å². The molecule has 1 unspecified atom stereocenters. The number of nitrogens with zero attached hydrogens (tertiary/aromatic N) is 1. The standard InChI is InChI=1S/C14H22N2O/c1-17-14(8-4-2-5-9-14)13(15)11-12-7-3-6-10-16-12/h3,6-7,10,13H,2,4-5,8-9,11,15H2,1H3. The number of rotatable bonds is 4. The predicted molar refractivity (Wildman–Crippen MR) is 68.7 cm³/mol. The zero-order valence-electron chi connectivity index (χ0n) is 10.6. The second-order valence-electron chi connectivity index (χ2n) is 4.96. The van der Waals surface area contributed by atoms with Gasteiger partial charge in [0.15, 0.2) is 0 Å². The lowest BCUT2D eigenvalue weighted by Gasteiger charge is -2.40. The van der Waals surface area contributed by atoms with Crippen molar-refractivity contribution in [1.82, 2.24) is 4.98 Å². The normalized spacial score (nSPS) is 21.1. The highest BCUT2D eigenvalue weighted by molar-refractivity contribution is 5.08. The summed E-state index contributed by atoms with van der Waals surface area (Å²) in [5, 5.41) is 0. The van der Waals surface area contributed by atoms with Crippen molar-refractivity contribution in [2.45, 2.75) is 50.2 Å². The van der Waals surface area contributed by atoms with Crippen molar-refractivity contribution >= 4 is 0 Å². The minimum absolute atomic E-state index is 0.0442. The summed E-state index contributed by atoms with van der Waals surface area (Å²) in [6, 6.07) is 6.02. The smallest absolute Gasteiger partial charge is 0.0832 e. The molecule has 1 heterocycles. The molecule has 0 radical (unpaired) electrons. The van der Waals surface area contributed by atoms with Gasteiger partial charge < -0.3 is 10.5 Å². The second kappa shape index (κ2) is 5.61. The summed E-state index contributed by atoms with van der Waals surface area (Å²) in [7, 11) is 1.80. The quantitative estimate of drug-likeness (QED) is 0.869. The van der Waals surface area contributed by atoms with E-state index in [4.69, 9.17) is 10.5 Å². The fraction of sp³-hybridized carbons (Fsp3) is 0.643. The van der Waals surface area contributed by atoms with E-state index in [0.717, 1.165) is 25.0 Å². The Morgan fingerprint density at radius 1 is 1.35 bits per heavy atom. The monoisotopic (exact) mass is 234 g/mol. The van der Waals surface area contributed by atoms with Crippen LogP contribution in [0.5, 0.6) is 0 Å². The molecule has 1 fully saturated rings. The van der Waals surface area contributed by atoms with Crippen molar-refractivity contribution in [3.8, 4) is 0 Å². The molecular weight excluding hydrogens is 212 g/mol. The van der Waals surface area contributed by atoms with Gasteiger partial charge in [0.25, 0.3) is 0 Å². The Kier molecular flexibility index (Phi) is 4.13. The van der Waals surface area contributed by atoms with Crippen LogP contribution in [0.25, 0.3) is 0 Å². The van der Waals surface area contributed by atoms with Gasteiger partial charge in [-0.15, -0.1) is 0 Å². The molecule has 0 amide bonds. The first-order chi connectivity index (χ1) is 8.27. The summed E-state index contributed by atoms with van der Waals surface area (Å²) >= 11 is 0. The van der Waals surface area contributed by atoms with Gasteiger partial charge in [0.1, 0.15) is 0 Å². The molecule has 1 atom stereocenters. The molecule has 1 aromatic heterocycles. The van der Waals surface area contributed by atoms with Crippen LogP contribution in [0.4, 0.5) is 0 Å². The minimum Gasteiger partial charge on any atom is -0.377 e. The highest BCUT2D eigenvalue weighted by Crippen LogP contribution is 2.34. The molecule has 0 aliphatic heterocycles. The van der Waals surface area contributed by atoms with Crippen molar-refractivity contribution in [3.63, 3.8) is 0 Å². The van der Waals surface area contributed by atoms with E-state index in [1.807, 2.05) is 24.4 Å². The molecule has 1 saturated carbocycles. The third-order valence-corrected chi connectivity index (χ3v) is 3.94. The third kappa shape index (κ3) is 2.85. The Hall–Kier alpha value is -0.930. The predicted octanol–water partition coefficient (Wildman–Crippen LogP) is 2.30. The third-order valence-electron chi connectivity index (χ3n) is 3.94. The van der Waals surface area contributed by atoms with E-state index in [2.05, 4.69) is 4.98 Å². The fourth-order valence-corrected chi connectivity index (χ4v) is 2.81. The number of aromatic nitrogens is 1. The molecule has 94 valence electrons. The van der Waals surface area contributed by atoms with Crippen LogP contribution < -0.4 is 5.73 Å². The van der Waals surface area contributed by atoms with Crippen molar-refractivity contribution in [2.75, 3.05) is 7.11 Å². The van der Waals surface area contributed by atoms with Gasteiger partial charge >= 0.3 is 0 Å². The summed E-state index contributed by atoms with van der Waals surface area (Å²) in [5.74, 6) is 0. The van der Waals surface area contributed by atoms with E-state index >= 15 is 0 Å². The molecule has 1 aliphatic rings. The number of nitrogens with two attached hydrogens (primary N) is 1.